The number of amides is 1. The molecule has 3 fully saturated rings. The van der Waals surface area contributed by atoms with Crippen molar-refractivity contribution in [3.8, 4) is 28.3 Å². The maximum Gasteiger partial charge on any atom is 0.408 e. The van der Waals surface area contributed by atoms with E-state index in [1.54, 1.807) is 34.8 Å². The van der Waals surface area contributed by atoms with Crippen molar-refractivity contribution >= 4 is 38.8 Å². The largest absolute Gasteiger partial charge is 0.444 e. The van der Waals surface area contributed by atoms with Gasteiger partial charge in [0, 0.05) is 43.1 Å². The smallest absolute Gasteiger partial charge is 0.408 e. The van der Waals surface area contributed by atoms with Crippen molar-refractivity contribution < 1.29 is 22.3 Å². The third-order valence-electron chi connectivity index (χ3n) is 11.1. The van der Waals surface area contributed by atoms with E-state index in [-0.39, 0.29) is 17.6 Å². The van der Waals surface area contributed by atoms with Crippen LogP contribution in [0, 0.1) is 5.82 Å². The molecule has 14 heteroatoms. The van der Waals surface area contributed by atoms with Crippen molar-refractivity contribution in [2.24, 2.45) is 0 Å². The highest BCUT2D eigenvalue weighted by atomic mass is 32.2. The number of carbonyl (C=O) groups excluding carboxylic acids is 1. The lowest BCUT2D eigenvalue weighted by Crippen LogP contribution is -2.52. The summed E-state index contributed by atoms with van der Waals surface area (Å²) >= 11 is 0. The van der Waals surface area contributed by atoms with Crippen LogP contribution in [0.1, 0.15) is 71.3 Å². The van der Waals surface area contributed by atoms with Gasteiger partial charge in [0.25, 0.3) is 0 Å². The van der Waals surface area contributed by atoms with Crippen LogP contribution in [0.5, 0.6) is 0 Å². The molecule has 3 aromatic heterocycles. The Kier molecular flexibility index (Phi) is 9.53. The average Bonchev–Trinajstić information content (AvgIpc) is 3.51. The van der Waals surface area contributed by atoms with Gasteiger partial charge in [-0.25, -0.2) is 32.6 Å². The molecule has 1 saturated carbocycles. The van der Waals surface area contributed by atoms with Gasteiger partial charge in [0.15, 0.2) is 17.3 Å². The van der Waals surface area contributed by atoms with Gasteiger partial charge in [-0.05, 0) is 120 Å². The van der Waals surface area contributed by atoms with Crippen molar-refractivity contribution in [3.63, 3.8) is 0 Å². The van der Waals surface area contributed by atoms with Crippen LogP contribution in [-0.2, 0) is 20.3 Å². The molecule has 2 aliphatic heterocycles. The van der Waals surface area contributed by atoms with Gasteiger partial charge in [0.1, 0.15) is 16.9 Å². The van der Waals surface area contributed by atoms with Crippen molar-refractivity contribution in [2.75, 3.05) is 36.0 Å². The zero-order valence-corrected chi connectivity index (χ0v) is 32.3. The number of nitrogen functional groups attached to an aromatic ring is 1. The molecule has 12 nitrogen and oxygen atoms in total. The van der Waals surface area contributed by atoms with Crippen LogP contribution in [0.25, 0.3) is 39.5 Å². The second-order valence-corrected chi connectivity index (χ2v) is 17.9. The van der Waals surface area contributed by atoms with Crippen molar-refractivity contribution in [2.45, 2.75) is 82.9 Å². The van der Waals surface area contributed by atoms with Crippen LogP contribution in [-0.4, -0.2) is 75.4 Å². The molecule has 0 radical (unpaired) electrons. The van der Waals surface area contributed by atoms with Gasteiger partial charge in [-0.15, -0.1) is 0 Å². The number of carbonyl (C=O) groups is 1. The fraction of sp³-hybridized carbons (Fsp3) is 0.415. The molecule has 55 heavy (non-hydrogen) atoms. The van der Waals surface area contributed by atoms with Crippen molar-refractivity contribution in [3.05, 3.63) is 84.3 Å². The van der Waals surface area contributed by atoms with Crippen LogP contribution in [0.4, 0.5) is 20.7 Å². The Labute approximate surface area is 321 Å². The lowest BCUT2D eigenvalue weighted by atomic mass is 9.72. The van der Waals surface area contributed by atoms with Crippen molar-refractivity contribution in [1.82, 2.24) is 29.1 Å². The number of benzene rings is 2. The Hall–Kier alpha value is -5.08. The van der Waals surface area contributed by atoms with E-state index < -0.39 is 27.3 Å². The first-order valence-corrected chi connectivity index (χ1v) is 20.7. The molecular formula is C41H47FN8O4S. The summed E-state index contributed by atoms with van der Waals surface area (Å²) in [5, 5.41) is 3.13. The second kappa shape index (κ2) is 14.2. The first kappa shape index (κ1) is 36.9. The number of fused-ring (bicyclic) bond motifs is 1. The predicted molar refractivity (Wildman–Crippen MR) is 212 cm³/mol. The molecule has 5 heterocycles. The number of nitrogens with one attached hydrogen (secondary N) is 1. The normalized spacial score (nSPS) is 18.9. The standard InChI is InChI=1S/C41H47FN8O4S/c1-40(2,3)54-39(51)47-41(20-8-21-41)27-12-14-29(15-13-27)50-37(31-10-7-22-44-36(31)43)46-33-17-16-32(45-38(33)50)30-9-6-11-34(35(30)42)48-24-18-28(19-25-48)49-23-4-5-26-55(49,52)53/h6-7,9-17,22,28H,4-5,8,18-21,23-26H2,1-3H3,(H2,43,44)(H,47,51). The van der Waals surface area contributed by atoms with Gasteiger partial charge in [-0.1, -0.05) is 18.2 Å². The highest BCUT2D eigenvalue weighted by Crippen LogP contribution is 2.42. The zero-order chi connectivity index (χ0) is 38.5. The van der Waals surface area contributed by atoms with Crippen LogP contribution in [0.3, 0.4) is 0 Å². The number of sulfonamides is 1. The monoisotopic (exact) mass is 766 g/mol. The molecule has 1 aliphatic carbocycles. The summed E-state index contributed by atoms with van der Waals surface area (Å²) < 4.78 is 51.2. The molecule has 0 spiro atoms. The van der Waals surface area contributed by atoms with Gasteiger partial charge in [0.2, 0.25) is 10.0 Å². The van der Waals surface area contributed by atoms with E-state index in [1.807, 2.05) is 72.7 Å². The fourth-order valence-electron chi connectivity index (χ4n) is 8.16. The Morgan fingerprint density at radius 2 is 1.67 bits per heavy atom. The number of anilines is 2. The van der Waals surface area contributed by atoms with Crippen LogP contribution in [0.15, 0.2) is 72.9 Å². The topological polar surface area (TPSA) is 149 Å². The highest BCUT2D eigenvalue weighted by molar-refractivity contribution is 7.89. The number of pyridine rings is 2. The minimum atomic E-state index is -3.24. The Morgan fingerprint density at radius 1 is 0.927 bits per heavy atom. The molecule has 2 saturated heterocycles. The van der Waals surface area contributed by atoms with E-state index in [0.29, 0.717) is 84.2 Å². The average molecular weight is 767 g/mol. The fourth-order valence-corrected chi connectivity index (χ4v) is 10.0. The third kappa shape index (κ3) is 7.13. The van der Waals surface area contributed by atoms with Crippen molar-refractivity contribution in [1.29, 1.82) is 0 Å². The summed E-state index contributed by atoms with van der Waals surface area (Å²) in [5.74, 6) is 0.674. The van der Waals surface area contributed by atoms with Crippen LogP contribution < -0.4 is 16.0 Å². The van der Waals surface area contributed by atoms with Gasteiger partial charge >= 0.3 is 6.09 Å². The maximum atomic E-state index is 16.6. The molecule has 0 unspecified atom stereocenters. The molecule has 2 aromatic carbocycles. The Morgan fingerprint density at radius 3 is 2.35 bits per heavy atom. The highest BCUT2D eigenvalue weighted by Gasteiger charge is 2.41. The SMILES string of the molecule is CC(C)(C)OC(=O)NC1(c2ccc(-n3c(-c4cccnc4N)nc4ccc(-c5cccc(N6CCC(N7CCCCS7(=O)=O)CC6)c5F)nc43)cc2)CCC1. The van der Waals surface area contributed by atoms with E-state index in [1.165, 1.54) is 0 Å². The number of nitrogens with zero attached hydrogens (tertiary/aromatic N) is 6. The zero-order valence-electron chi connectivity index (χ0n) is 31.5. The molecule has 5 aromatic rings. The lowest BCUT2D eigenvalue weighted by Gasteiger charge is -2.43. The molecule has 0 atom stereocenters. The number of ether oxygens (including phenoxy) is 1. The molecule has 1 amide bonds. The number of nitrogens with two attached hydrogens (primary N) is 1. The van der Waals surface area contributed by atoms with E-state index in [0.717, 1.165) is 36.9 Å². The first-order valence-electron chi connectivity index (χ1n) is 19.1. The minimum Gasteiger partial charge on any atom is -0.444 e. The summed E-state index contributed by atoms with van der Waals surface area (Å²) in [6.45, 7) is 7.20. The van der Waals surface area contributed by atoms with Gasteiger partial charge in [-0.2, -0.15) is 4.31 Å². The quantitative estimate of drug-likeness (QED) is 0.176. The molecule has 288 valence electrons. The summed E-state index contributed by atoms with van der Waals surface area (Å²) in [6.07, 6.45) is 6.63. The third-order valence-corrected chi connectivity index (χ3v) is 13.1. The predicted octanol–water partition coefficient (Wildman–Crippen LogP) is 7.17. The molecule has 3 N–H and O–H groups in total. The summed E-state index contributed by atoms with van der Waals surface area (Å²) in [6, 6.07) is 20.5. The van der Waals surface area contributed by atoms with Gasteiger partial charge in [-0.3, -0.25) is 4.57 Å². The number of piperidine rings is 1. The van der Waals surface area contributed by atoms with E-state index >= 15 is 4.39 Å². The summed E-state index contributed by atoms with van der Waals surface area (Å²) in [4.78, 5) is 29.1. The Balaban J connectivity index is 1.13. The minimum absolute atomic E-state index is 0.0604. The number of hydrogen-bond acceptors (Lipinski definition) is 9. The summed E-state index contributed by atoms with van der Waals surface area (Å²) in [5.41, 5.74) is 9.98. The molecular weight excluding hydrogens is 720 g/mol. The first-order chi connectivity index (χ1) is 26.3. The lowest BCUT2D eigenvalue weighted by molar-refractivity contribution is 0.0377. The van der Waals surface area contributed by atoms with Crippen LogP contribution in [0.2, 0.25) is 0 Å². The second-order valence-electron chi connectivity index (χ2n) is 15.8. The van der Waals surface area contributed by atoms with E-state index in [4.69, 9.17) is 20.4 Å². The molecule has 3 aliphatic rings. The van der Waals surface area contributed by atoms with Gasteiger partial charge in [0.05, 0.1) is 28.2 Å². The van der Waals surface area contributed by atoms with E-state index in [2.05, 4.69) is 10.3 Å². The van der Waals surface area contributed by atoms with Gasteiger partial charge < -0.3 is 20.7 Å². The van der Waals surface area contributed by atoms with Crippen LogP contribution >= 0.6 is 0 Å². The molecule has 0 bridgehead atoms. The number of hydrogen-bond donors (Lipinski definition) is 2. The number of rotatable bonds is 7. The Bertz CT molecular complexity index is 2350. The number of alkyl carbamates (subject to hydrolysis) is 1. The summed E-state index contributed by atoms with van der Waals surface area (Å²) in [7, 11) is -3.24. The maximum absolute atomic E-state index is 16.6. The van der Waals surface area contributed by atoms with E-state index in [9.17, 15) is 13.2 Å². The number of imidazole rings is 1. The number of halogens is 1. The molecule has 8 rings (SSSR count). The number of aromatic nitrogens is 4.